The Morgan fingerprint density at radius 2 is 1.90 bits per heavy atom. The lowest BCUT2D eigenvalue weighted by Crippen LogP contribution is -2.34. The molecule has 4 nitrogen and oxygen atoms in total. The molecular formula is C24H29BrN2O2. The van der Waals surface area contributed by atoms with Crippen molar-refractivity contribution in [3.05, 3.63) is 64.1 Å². The monoisotopic (exact) mass is 456 g/mol. The minimum absolute atomic E-state index is 0.0963. The molecule has 0 unspecified atom stereocenters. The third kappa shape index (κ3) is 7.91. The van der Waals surface area contributed by atoms with Crippen LogP contribution in [-0.2, 0) is 6.42 Å². The van der Waals surface area contributed by atoms with Crippen molar-refractivity contribution in [1.82, 2.24) is 4.90 Å². The number of nitriles is 1. The quantitative estimate of drug-likeness (QED) is 0.367. The highest BCUT2D eigenvalue weighted by Gasteiger charge is 2.20. The smallest absolute Gasteiger partial charge is 0.257 e. The van der Waals surface area contributed by atoms with Gasteiger partial charge in [0.2, 0.25) is 0 Å². The van der Waals surface area contributed by atoms with Crippen LogP contribution in [0.1, 0.15) is 54.9 Å². The molecule has 0 aliphatic carbocycles. The Labute approximate surface area is 182 Å². The van der Waals surface area contributed by atoms with Crippen LogP contribution in [0.15, 0.2) is 53.0 Å². The van der Waals surface area contributed by atoms with Crippen molar-refractivity contribution < 1.29 is 9.53 Å². The Kier molecular flexibility index (Phi) is 10.3. The highest BCUT2D eigenvalue weighted by atomic mass is 79.9. The fourth-order valence-corrected chi connectivity index (χ4v) is 3.45. The third-order valence-electron chi connectivity index (χ3n) is 4.72. The van der Waals surface area contributed by atoms with Gasteiger partial charge in [0.15, 0.2) is 0 Å². The standard InChI is InChI=1S/C24H29BrN2O2/c1-2-3-4-8-18-29-23-13-12-21(25)19-22(23)24(28)27(16-9-15-26)17-14-20-10-6-5-7-11-20/h5-7,10-13,19H,2-4,8-9,14,16-18H2,1H3. The van der Waals surface area contributed by atoms with Gasteiger partial charge in [-0.15, -0.1) is 0 Å². The summed E-state index contributed by atoms with van der Waals surface area (Å²) in [6.45, 7) is 3.75. The summed E-state index contributed by atoms with van der Waals surface area (Å²) in [5.41, 5.74) is 1.71. The van der Waals surface area contributed by atoms with Gasteiger partial charge in [0.05, 0.1) is 24.7 Å². The largest absolute Gasteiger partial charge is 0.493 e. The Bertz CT molecular complexity index is 802. The van der Waals surface area contributed by atoms with Crippen LogP contribution in [0.5, 0.6) is 5.75 Å². The maximum Gasteiger partial charge on any atom is 0.257 e. The highest BCUT2D eigenvalue weighted by molar-refractivity contribution is 9.10. The number of hydrogen-bond acceptors (Lipinski definition) is 3. The number of ether oxygens (including phenoxy) is 1. The predicted molar refractivity (Wildman–Crippen MR) is 120 cm³/mol. The van der Waals surface area contributed by atoms with E-state index in [1.54, 1.807) is 4.90 Å². The summed E-state index contributed by atoms with van der Waals surface area (Å²) in [5, 5.41) is 9.02. The number of nitrogens with zero attached hydrogens (tertiary/aromatic N) is 2. The number of hydrogen-bond donors (Lipinski definition) is 0. The van der Waals surface area contributed by atoms with Gasteiger partial charge in [-0.25, -0.2) is 0 Å². The van der Waals surface area contributed by atoms with Gasteiger partial charge in [-0.2, -0.15) is 5.26 Å². The molecule has 0 saturated heterocycles. The van der Waals surface area contributed by atoms with Gasteiger partial charge in [0, 0.05) is 17.6 Å². The molecule has 0 spiro atoms. The van der Waals surface area contributed by atoms with E-state index in [4.69, 9.17) is 10.00 Å². The van der Waals surface area contributed by atoms with Crippen molar-refractivity contribution >= 4 is 21.8 Å². The van der Waals surface area contributed by atoms with Gasteiger partial charge in [0.1, 0.15) is 5.75 Å². The fraction of sp³-hybridized carbons (Fsp3) is 0.417. The Morgan fingerprint density at radius 1 is 1.10 bits per heavy atom. The van der Waals surface area contributed by atoms with E-state index in [0.717, 1.165) is 23.7 Å². The summed E-state index contributed by atoms with van der Waals surface area (Å²) < 4.78 is 6.78. The van der Waals surface area contributed by atoms with Gasteiger partial charge in [-0.1, -0.05) is 72.4 Å². The molecule has 0 heterocycles. The van der Waals surface area contributed by atoms with Gasteiger partial charge < -0.3 is 9.64 Å². The minimum Gasteiger partial charge on any atom is -0.493 e. The first-order chi connectivity index (χ1) is 14.2. The van der Waals surface area contributed by atoms with E-state index >= 15 is 0 Å². The normalized spacial score (nSPS) is 10.4. The number of halogens is 1. The Balaban J connectivity index is 2.11. The average Bonchev–Trinajstić information content (AvgIpc) is 2.75. The summed E-state index contributed by atoms with van der Waals surface area (Å²) in [4.78, 5) is 15.0. The number of carbonyl (C=O) groups is 1. The van der Waals surface area contributed by atoms with Crippen LogP contribution in [0.3, 0.4) is 0 Å². The Morgan fingerprint density at radius 3 is 2.62 bits per heavy atom. The molecule has 0 fully saturated rings. The molecule has 0 radical (unpaired) electrons. The average molecular weight is 457 g/mol. The zero-order valence-electron chi connectivity index (χ0n) is 17.1. The second kappa shape index (κ2) is 13.0. The van der Waals surface area contributed by atoms with Gasteiger partial charge in [-0.05, 0) is 36.6 Å². The maximum absolute atomic E-state index is 13.3. The predicted octanol–water partition coefficient (Wildman–Crippen LogP) is 6.01. The molecule has 2 aromatic rings. The third-order valence-corrected chi connectivity index (χ3v) is 5.21. The van der Waals surface area contributed by atoms with Crippen LogP contribution in [0.25, 0.3) is 0 Å². The number of unbranched alkanes of at least 4 members (excludes halogenated alkanes) is 3. The van der Waals surface area contributed by atoms with Crippen molar-refractivity contribution in [2.75, 3.05) is 19.7 Å². The van der Waals surface area contributed by atoms with E-state index in [2.05, 4.69) is 41.1 Å². The van der Waals surface area contributed by atoms with Crippen molar-refractivity contribution in [1.29, 1.82) is 5.26 Å². The second-order valence-electron chi connectivity index (χ2n) is 6.99. The zero-order valence-corrected chi connectivity index (χ0v) is 18.7. The molecule has 0 aliphatic heterocycles. The van der Waals surface area contributed by atoms with E-state index in [1.807, 2.05) is 36.4 Å². The van der Waals surface area contributed by atoms with E-state index in [9.17, 15) is 4.79 Å². The van der Waals surface area contributed by atoms with E-state index in [1.165, 1.54) is 18.4 Å². The lowest BCUT2D eigenvalue weighted by molar-refractivity contribution is 0.0756. The van der Waals surface area contributed by atoms with Crippen LogP contribution >= 0.6 is 15.9 Å². The molecule has 2 rings (SSSR count). The number of carbonyl (C=O) groups excluding carboxylic acids is 1. The summed E-state index contributed by atoms with van der Waals surface area (Å²) >= 11 is 3.47. The molecule has 2 aromatic carbocycles. The fourth-order valence-electron chi connectivity index (χ4n) is 3.09. The van der Waals surface area contributed by atoms with Crippen molar-refractivity contribution in [2.45, 2.75) is 45.4 Å². The van der Waals surface area contributed by atoms with Crippen molar-refractivity contribution in [3.8, 4) is 11.8 Å². The van der Waals surface area contributed by atoms with Crippen molar-refractivity contribution in [2.24, 2.45) is 0 Å². The molecule has 0 bridgehead atoms. The van der Waals surface area contributed by atoms with Gasteiger partial charge >= 0.3 is 0 Å². The summed E-state index contributed by atoms with van der Waals surface area (Å²) in [7, 11) is 0. The lowest BCUT2D eigenvalue weighted by atomic mass is 10.1. The van der Waals surface area contributed by atoms with Crippen LogP contribution in [0.4, 0.5) is 0 Å². The Hall–Kier alpha value is -2.32. The van der Waals surface area contributed by atoms with E-state index in [-0.39, 0.29) is 5.91 Å². The minimum atomic E-state index is -0.0963. The topological polar surface area (TPSA) is 53.3 Å². The van der Waals surface area contributed by atoms with Gasteiger partial charge in [-0.3, -0.25) is 4.79 Å². The molecule has 0 atom stereocenters. The molecule has 29 heavy (non-hydrogen) atoms. The summed E-state index contributed by atoms with van der Waals surface area (Å²) in [6.07, 6.45) is 5.53. The highest BCUT2D eigenvalue weighted by Crippen LogP contribution is 2.25. The van der Waals surface area contributed by atoms with Crippen LogP contribution < -0.4 is 4.74 Å². The summed E-state index contributed by atoms with van der Waals surface area (Å²) in [5.74, 6) is 0.511. The lowest BCUT2D eigenvalue weighted by Gasteiger charge is -2.23. The molecular weight excluding hydrogens is 428 g/mol. The molecule has 0 N–H and O–H groups in total. The first-order valence-corrected chi connectivity index (χ1v) is 11.1. The zero-order chi connectivity index (χ0) is 20.9. The molecule has 0 aliphatic rings. The molecule has 5 heteroatoms. The number of rotatable bonds is 12. The first kappa shape index (κ1) is 23.0. The maximum atomic E-state index is 13.3. The molecule has 1 amide bonds. The van der Waals surface area contributed by atoms with Crippen LogP contribution in [0.2, 0.25) is 0 Å². The van der Waals surface area contributed by atoms with E-state index in [0.29, 0.717) is 37.4 Å². The number of amides is 1. The summed E-state index contributed by atoms with van der Waals surface area (Å²) in [6, 6.07) is 17.8. The first-order valence-electron chi connectivity index (χ1n) is 10.3. The van der Waals surface area contributed by atoms with Crippen molar-refractivity contribution in [3.63, 3.8) is 0 Å². The number of benzene rings is 2. The molecule has 154 valence electrons. The van der Waals surface area contributed by atoms with Gasteiger partial charge in [0.25, 0.3) is 5.91 Å². The molecule has 0 aromatic heterocycles. The van der Waals surface area contributed by atoms with E-state index < -0.39 is 0 Å². The van der Waals surface area contributed by atoms with Crippen LogP contribution in [-0.4, -0.2) is 30.5 Å². The second-order valence-corrected chi connectivity index (χ2v) is 7.90. The SMILES string of the molecule is CCCCCCOc1ccc(Br)cc1C(=O)N(CCC#N)CCc1ccccc1. The van der Waals surface area contributed by atoms with Crippen LogP contribution in [0, 0.1) is 11.3 Å². The molecule has 0 saturated carbocycles.